The molecule has 0 spiro atoms. The summed E-state index contributed by atoms with van der Waals surface area (Å²) in [7, 11) is 0. The first-order chi connectivity index (χ1) is 4.74. The van der Waals surface area contributed by atoms with Crippen molar-refractivity contribution in [1.29, 1.82) is 5.41 Å². The molecule has 0 unspecified atom stereocenters. The third-order valence-electron chi connectivity index (χ3n) is 1.11. The Morgan fingerprint density at radius 2 is 2.20 bits per heavy atom. The zero-order valence-corrected chi connectivity index (χ0v) is 7.22. The Hall–Kier alpha value is -0.450. The molecule has 0 heterocycles. The first-order valence-electron chi connectivity index (χ1n) is 2.69. The van der Waals surface area contributed by atoms with E-state index in [1.165, 1.54) is 6.07 Å². The SMILES string of the molecule is N=Cc1cc(I)ccc1F. The van der Waals surface area contributed by atoms with Gasteiger partial charge in [0, 0.05) is 15.3 Å². The zero-order valence-electron chi connectivity index (χ0n) is 5.07. The molecule has 0 saturated carbocycles. The highest BCUT2D eigenvalue weighted by molar-refractivity contribution is 14.1. The summed E-state index contributed by atoms with van der Waals surface area (Å²) in [5.74, 6) is -0.338. The molecule has 0 saturated heterocycles. The average Bonchev–Trinajstić information content (AvgIpc) is 1.94. The van der Waals surface area contributed by atoms with Crippen molar-refractivity contribution >= 4 is 28.8 Å². The van der Waals surface area contributed by atoms with Gasteiger partial charge in [-0.15, -0.1) is 0 Å². The molecule has 1 N–H and O–H groups in total. The van der Waals surface area contributed by atoms with Crippen molar-refractivity contribution in [3.05, 3.63) is 33.1 Å². The molecule has 1 aromatic rings. The predicted molar refractivity (Wildman–Crippen MR) is 47.0 cm³/mol. The van der Waals surface area contributed by atoms with Crippen LogP contribution in [0.5, 0.6) is 0 Å². The third kappa shape index (κ3) is 1.53. The molecule has 52 valence electrons. The number of benzene rings is 1. The Balaban J connectivity index is 3.21. The third-order valence-corrected chi connectivity index (χ3v) is 1.78. The van der Waals surface area contributed by atoms with Crippen molar-refractivity contribution in [2.24, 2.45) is 0 Å². The Bertz CT molecular complexity index is 260. The first kappa shape index (κ1) is 7.65. The number of rotatable bonds is 1. The van der Waals surface area contributed by atoms with Gasteiger partial charge < -0.3 is 5.41 Å². The van der Waals surface area contributed by atoms with E-state index in [0.717, 1.165) is 9.78 Å². The van der Waals surface area contributed by atoms with E-state index in [-0.39, 0.29) is 5.82 Å². The predicted octanol–water partition coefficient (Wildman–Crippen LogP) is 2.43. The Labute approximate surface area is 71.9 Å². The second-order valence-corrected chi connectivity index (χ2v) is 3.06. The van der Waals surface area contributed by atoms with Crippen LogP contribution in [0.4, 0.5) is 4.39 Å². The summed E-state index contributed by atoms with van der Waals surface area (Å²) in [6.45, 7) is 0. The van der Waals surface area contributed by atoms with Crippen molar-refractivity contribution in [1.82, 2.24) is 0 Å². The van der Waals surface area contributed by atoms with Gasteiger partial charge in [-0.2, -0.15) is 0 Å². The van der Waals surface area contributed by atoms with E-state index < -0.39 is 0 Å². The molecule has 0 bridgehead atoms. The molecule has 1 rings (SSSR count). The van der Waals surface area contributed by atoms with E-state index in [2.05, 4.69) is 22.6 Å². The Kier molecular flexibility index (Phi) is 2.37. The molecule has 10 heavy (non-hydrogen) atoms. The smallest absolute Gasteiger partial charge is 0.132 e. The second kappa shape index (κ2) is 3.09. The van der Waals surface area contributed by atoms with Gasteiger partial charge >= 0.3 is 0 Å². The molecule has 1 nitrogen and oxygen atoms in total. The summed E-state index contributed by atoms with van der Waals surface area (Å²) in [4.78, 5) is 0. The van der Waals surface area contributed by atoms with Crippen LogP contribution in [-0.4, -0.2) is 6.21 Å². The number of hydrogen-bond donors (Lipinski definition) is 1. The minimum atomic E-state index is -0.338. The number of nitrogens with one attached hydrogen (secondary N) is 1. The minimum Gasteiger partial charge on any atom is -0.308 e. The summed E-state index contributed by atoms with van der Waals surface area (Å²) < 4.78 is 13.6. The lowest BCUT2D eigenvalue weighted by molar-refractivity contribution is 0.625. The lowest BCUT2D eigenvalue weighted by atomic mass is 10.2. The van der Waals surface area contributed by atoms with E-state index in [9.17, 15) is 4.39 Å². The van der Waals surface area contributed by atoms with Gasteiger partial charge in [0.2, 0.25) is 0 Å². The molecule has 0 radical (unpaired) electrons. The van der Waals surface area contributed by atoms with Gasteiger partial charge in [0.1, 0.15) is 5.82 Å². The van der Waals surface area contributed by atoms with Crippen LogP contribution >= 0.6 is 22.6 Å². The Morgan fingerprint density at radius 3 is 2.70 bits per heavy atom. The number of halogens is 2. The van der Waals surface area contributed by atoms with E-state index in [1.54, 1.807) is 12.1 Å². The van der Waals surface area contributed by atoms with Gasteiger partial charge in [0.25, 0.3) is 0 Å². The average molecular weight is 249 g/mol. The molecular formula is C7H5FIN. The van der Waals surface area contributed by atoms with Crippen LogP contribution in [0, 0.1) is 14.8 Å². The lowest BCUT2D eigenvalue weighted by Gasteiger charge is -1.94. The van der Waals surface area contributed by atoms with Crippen LogP contribution in [0.3, 0.4) is 0 Å². The maximum absolute atomic E-state index is 12.6. The van der Waals surface area contributed by atoms with Crippen LogP contribution in [0.15, 0.2) is 18.2 Å². The van der Waals surface area contributed by atoms with Crippen molar-refractivity contribution in [2.45, 2.75) is 0 Å². The molecule has 0 aromatic heterocycles. The van der Waals surface area contributed by atoms with E-state index in [4.69, 9.17) is 5.41 Å². The van der Waals surface area contributed by atoms with Crippen molar-refractivity contribution in [3.63, 3.8) is 0 Å². The summed E-state index contributed by atoms with van der Waals surface area (Å²) in [5.41, 5.74) is 0.340. The molecule has 0 aliphatic carbocycles. The fraction of sp³-hybridized carbons (Fsp3) is 0. The normalized spacial score (nSPS) is 9.40. The molecule has 0 amide bonds. The number of hydrogen-bond acceptors (Lipinski definition) is 1. The second-order valence-electron chi connectivity index (χ2n) is 1.81. The van der Waals surface area contributed by atoms with Crippen LogP contribution in [0.25, 0.3) is 0 Å². The highest BCUT2D eigenvalue weighted by Crippen LogP contribution is 2.09. The molecule has 0 aliphatic rings. The summed E-state index contributed by atoms with van der Waals surface area (Å²) >= 11 is 2.08. The van der Waals surface area contributed by atoms with Gasteiger partial charge in [-0.3, -0.25) is 0 Å². The topological polar surface area (TPSA) is 23.9 Å². The fourth-order valence-corrected chi connectivity index (χ4v) is 1.14. The quantitative estimate of drug-likeness (QED) is 0.583. The highest BCUT2D eigenvalue weighted by Gasteiger charge is 1.97. The van der Waals surface area contributed by atoms with E-state index in [1.807, 2.05) is 0 Å². The highest BCUT2D eigenvalue weighted by atomic mass is 127. The van der Waals surface area contributed by atoms with Crippen LogP contribution in [-0.2, 0) is 0 Å². The molecule has 0 fully saturated rings. The van der Waals surface area contributed by atoms with Gasteiger partial charge in [-0.25, -0.2) is 4.39 Å². The largest absolute Gasteiger partial charge is 0.308 e. The standard InChI is InChI=1S/C7H5FIN/c8-7-2-1-6(9)3-5(7)4-10/h1-4,10H. The minimum absolute atomic E-state index is 0.338. The lowest BCUT2D eigenvalue weighted by Crippen LogP contribution is -1.86. The zero-order chi connectivity index (χ0) is 7.56. The summed E-state index contributed by atoms with van der Waals surface area (Å²) in [6.07, 6.45) is 1.01. The van der Waals surface area contributed by atoms with E-state index >= 15 is 0 Å². The van der Waals surface area contributed by atoms with Crippen molar-refractivity contribution < 1.29 is 4.39 Å². The molecule has 1 aromatic carbocycles. The van der Waals surface area contributed by atoms with Gasteiger partial charge in [-0.1, -0.05) is 0 Å². The van der Waals surface area contributed by atoms with E-state index in [0.29, 0.717) is 5.56 Å². The van der Waals surface area contributed by atoms with Gasteiger partial charge in [-0.05, 0) is 40.8 Å². The van der Waals surface area contributed by atoms with Crippen LogP contribution in [0.1, 0.15) is 5.56 Å². The van der Waals surface area contributed by atoms with Crippen LogP contribution < -0.4 is 0 Å². The Morgan fingerprint density at radius 1 is 1.50 bits per heavy atom. The molecule has 0 aliphatic heterocycles. The maximum Gasteiger partial charge on any atom is 0.132 e. The van der Waals surface area contributed by atoms with Crippen LogP contribution in [0.2, 0.25) is 0 Å². The maximum atomic E-state index is 12.6. The first-order valence-corrected chi connectivity index (χ1v) is 3.77. The van der Waals surface area contributed by atoms with Gasteiger partial charge in [0.05, 0.1) is 0 Å². The molecule has 3 heteroatoms. The monoisotopic (exact) mass is 249 g/mol. The molecule has 0 atom stereocenters. The van der Waals surface area contributed by atoms with Crippen molar-refractivity contribution in [3.8, 4) is 0 Å². The molecular weight excluding hydrogens is 244 g/mol. The van der Waals surface area contributed by atoms with Gasteiger partial charge in [0.15, 0.2) is 0 Å². The fourth-order valence-electron chi connectivity index (χ4n) is 0.625. The van der Waals surface area contributed by atoms with Crippen molar-refractivity contribution in [2.75, 3.05) is 0 Å². The summed E-state index contributed by atoms with van der Waals surface area (Å²) in [6, 6.07) is 4.66. The summed E-state index contributed by atoms with van der Waals surface area (Å²) in [5, 5.41) is 6.81.